The zero-order chi connectivity index (χ0) is 14.5. The standard InChI is InChI=1S/C13H17Cl2N5/c1-3-4-16-12(6-10-8-20(2)19-18-10)13-11(15)5-9(14)7-17-13/h5,7-8,12,16H,3-4,6H2,1-2H3. The van der Waals surface area contributed by atoms with Crippen LogP contribution >= 0.6 is 23.2 Å². The number of pyridine rings is 1. The minimum Gasteiger partial charge on any atom is -0.308 e. The highest BCUT2D eigenvalue weighted by molar-refractivity contribution is 6.34. The fourth-order valence-corrected chi connectivity index (χ4v) is 2.48. The summed E-state index contributed by atoms with van der Waals surface area (Å²) in [6.07, 6.45) is 5.22. The van der Waals surface area contributed by atoms with Crippen molar-refractivity contribution in [3.05, 3.63) is 39.9 Å². The van der Waals surface area contributed by atoms with Gasteiger partial charge in [0.1, 0.15) is 0 Å². The molecule has 1 atom stereocenters. The maximum Gasteiger partial charge on any atom is 0.0846 e. The molecule has 2 heterocycles. The van der Waals surface area contributed by atoms with Gasteiger partial charge in [-0.1, -0.05) is 35.3 Å². The average Bonchev–Trinajstić information content (AvgIpc) is 2.80. The normalized spacial score (nSPS) is 12.6. The molecule has 2 aromatic heterocycles. The van der Waals surface area contributed by atoms with Crippen molar-refractivity contribution in [3.63, 3.8) is 0 Å². The van der Waals surface area contributed by atoms with Gasteiger partial charge in [0, 0.05) is 25.9 Å². The first-order chi connectivity index (χ1) is 9.60. The Balaban J connectivity index is 2.22. The molecule has 0 amide bonds. The summed E-state index contributed by atoms with van der Waals surface area (Å²) in [6, 6.07) is 1.71. The van der Waals surface area contributed by atoms with E-state index in [0.29, 0.717) is 16.5 Å². The predicted molar refractivity (Wildman–Crippen MR) is 80.0 cm³/mol. The zero-order valence-electron chi connectivity index (χ0n) is 11.5. The lowest BCUT2D eigenvalue weighted by molar-refractivity contribution is 0.513. The number of hydrogen-bond donors (Lipinski definition) is 1. The van der Waals surface area contributed by atoms with Crippen LogP contribution in [0.15, 0.2) is 18.5 Å². The highest BCUT2D eigenvalue weighted by atomic mass is 35.5. The molecule has 0 aliphatic heterocycles. The van der Waals surface area contributed by atoms with Gasteiger partial charge in [0.2, 0.25) is 0 Å². The predicted octanol–water partition coefficient (Wildman–Crippen LogP) is 2.80. The highest BCUT2D eigenvalue weighted by Crippen LogP contribution is 2.25. The van der Waals surface area contributed by atoms with Crippen LogP contribution in [0.25, 0.3) is 0 Å². The molecule has 5 nitrogen and oxygen atoms in total. The summed E-state index contributed by atoms with van der Waals surface area (Å²) >= 11 is 12.1. The Morgan fingerprint density at radius 2 is 2.20 bits per heavy atom. The van der Waals surface area contributed by atoms with E-state index >= 15 is 0 Å². The highest BCUT2D eigenvalue weighted by Gasteiger charge is 2.18. The summed E-state index contributed by atoms with van der Waals surface area (Å²) in [5.74, 6) is 0. The van der Waals surface area contributed by atoms with Crippen molar-refractivity contribution in [2.75, 3.05) is 6.54 Å². The fraction of sp³-hybridized carbons (Fsp3) is 0.462. The van der Waals surface area contributed by atoms with E-state index in [2.05, 4.69) is 27.5 Å². The van der Waals surface area contributed by atoms with Gasteiger partial charge in [0.25, 0.3) is 0 Å². The van der Waals surface area contributed by atoms with Crippen LogP contribution in [0.4, 0.5) is 0 Å². The molecule has 0 aromatic carbocycles. The Hall–Kier alpha value is -1.17. The lowest BCUT2D eigenvalue weighted by Gasteiger charge is -2.18. The van der Waals surface area contributed by atoms with Gasteiger partial charge in [-0.2, -0.15) is 0 Å². The molecule has 0 saturated heterocycles. The van der Waals surface area contributed by atoms with Gasteiger partial charge in [-0.25, -0.2) is 0 Å². The van der Waals surface area contributed by atoms with Crippen LogP contribution in [-0.4, -0.2) is 26.5 Å². The Morgan fingerprint density at radius 1 is 1.40 bits per heavy atom. The minimum atomic E-state index is -0.00332. The van der Waals surface area contributed by atoms with Crippen LogP contribution in [0.1, 0.15) is 30.8 Å². The van der Waals surface area contributed by atoms with E-state index in [-0.39, 0.29) is 6.04 Å². The van der Waals surface area contributed by atoms with E-state index < -0.39 is 0 Å². The van der Waals surface area contributed by atoms with Gasteiger partial charge in [-0.3, -0.25) is 9.67 Å². The molecule has 2 rings (SSSR count). The summed E-state index contributed by atoms with van der Waals surface area (Å²) in [4.78, 5) is 4.35. The van der Waals surface area contributed by atoms with Crippen molar-refractivity contribution < 1.29 is 0 Å². The SMILES string of the molecule is CCCNC(Cc1cn(C)nn1)c1ncc(Cl)cc1Cl. The largest absolute Gasteiger partial charge is 0.308 e. The fourth-order valence-electron chi connectivity index (χ4n) is 1.96. The summed E-state index contributed by atoms with van der Waals surface area (Å²) in [6.45, 7) is 2.99. The lowest BCUT2D eigenvalue weighted by Crippen LogP contribution is -2.25. The molecule has 1 unspecified atom stereocenters. The first kappa shape index (κ1) is 15.2. The first-order valence-electron chi connectivity index (χ1n) is 6.49. The van der Waals surface area contributed by atoms with Crippen LogP contribution in [0.3, 0.4) is 0 Å². The van der Waals surface area contributed by atoms with E-state index in [1.54, 1.807) is 16.9 Å². The van der Waals surface area contributed by atoms with E-state index in [1.165, 1.54) is 0 Å². The summed E-state index contributed by atoms with van der Waals surface area (Å²) in [7, 11) is 1.85. The van der Waals surface area contributed by atoms with Crippen molar-refractivity contribution in [2.45, 2.75) is 25.8 Å². The lowest BCUT2D eigenvalue weighted by atomic mass is 10.1. The number of nitrogens with one attached hydrogen (secondary N) is 1. The monoisotopic (exact) mass is 313 g/mol. The third kappa shape index (κ3) is 3.91. The smallest absolute Gasteiger partial charge is 0.0846 e. The van der Waals surface area contributed by atoms with Crippen LogP contribution in [0.2, 0.25) is 10.0 Å². The zero-order valence-corrected chi connectivity index (χ0v) is 13.0. The summed E-state index contributed by atoms with van der Waals surface area (Å²) in [5.41, 5.74) is 1.68. The molecule has 20 heavy (non-hydrogen) atoms. The number of aromatic nitrogens is 4. The van der Waals surface area contributed by atoms with Crippen molar-refractivity contribution >= 4 is 23.2 Å². The Labute approximate surface area is 128 Å². The number of hydrogen-bond acceptors (Lipinski definition) is 4. The average molecular weight is 314 g/mol. The molecule has 0 saturated carbocycles. The maximum absolute atomic E-state index is 6.25. The van der Waals surface area contributed by atoms with Gasteiger partial charge in [0.05, 0.1) is 27.5 Å². The third-order valence-electron chi connectivity index (χ3n) is 2.87. The van der Waals surface area contributed by atoms with E-state index in [0.717, 1.165) is 24.4 Å². The van der Waals surface area contributed by atoms with Crippen molar-refractivity contribution in [2.24, 2.45) is 7.05 Å². The molecule has 0 aliphatic rings. The second kappa shape index (κ2) is 7.02. The number of nitrogens with zero attached hydrogens (tertiary/aromatic N) is 4. The molecular formula is C13H17Cl2N5. The Morgan fingerprint density at radius 3 is 2.80 bits per heavy atom. The van der Waals surface area contributed by atoms with Crippen molar-refractivity contribution in [1.82, 2.24) is 25.3 Å². The minimum absolute atomic E-state index is 0.00332. The third-order valence-corrected chi connectivity index (χ3v) is 3.38. The van der Waals surface area contributed by atoms with Crippen LogP contribution in [0.5, 0.6) is 0 Å². The van der Waals surface area contributed by atoms with Gasteiger partial charge >= 0.3 is 0 Å². The topological polar surface area (TPSA) is 55.6 Å². The summed E-state index contributed by atoms with van der Waals surface area (Å²) in [5, 5.41) is 12.6. The van der Waals surface area contributed by atoms with E-state index in [9.17, 15) is 0 Å². The molecule has 0 aliphatic carbocycles. The number of rotatable bonds is 6. The Kier molecular flexibility index (Phi) is 5.34. The van der Waals surface area contributed by atoms with E-state index in [4.69, 9.17) is 23.2 Å². The second-order valence-corrected chi connectivity index (χ2v) is 5.46. The molecular weight excluding hydrogens is 297 g/mol. The Bertz CT molecular complexity index is 570. The molecule has 108 valence electrons. The first-order valence-corrected chi connectivity index (χ1v) is 7.25. The van der Waals surface area contributed by atoms with Gasteiger partial charge in [-0.05, 0) is 19.0 Å². The molecule has 0 fully saturated rings. The quantitative estimate of drug-likeness (QED) is 0.891. The van der Waals surface area contributed by atoms with Crippen molar-refractivity contribution in [3.8, 4) is 0 Å². The van der Waals surface area contributed by atoms with Crippen LogP contribution in [-0.2, 0) is 13.5 Å². The maximum atomic E-state index is 6.25. The molecule has 0 spiro atoms. The van der Waals surface area contributed by atoms with Gasteiger partial charge in [0.15, 0.2) is 0 Å². The van der Waals surface area contributed by atoms with Gasteiger partial charge < -0.3 is 5.32 Å². The van der Waals surface area contributed by atoms with Crippen molar-refractivity contribution in [1.29, 1.82) is 0 Å². The molecule has 2 aromatic rings. The molecule has 0 bridgehead atoms. The van der Waals surface area contributed by atoms with Gasteiger partial charge in [-0.15, -0.1) is 5.10 Å². The van der Waals surface area contributed by atoms with Crippen LogP contribution < -0.4 is 5.32 Å². The number of aryl methyl sites for hydroxylation is 1. The molecule has 7 heteroatoms. The van der Waals surface area contributed by atoms with Crippen LogP contribution in [0, 0.1) is 0 Å². The second-order valence-electron chi connectivity index (χ2n) is 4.61. The van der Waals surface area contributed by atoms with E-state index in [1.807, 2.05) is 13.2 Å². The molecule has 0 radical (unpaired) electrons. The number of halogens is 2. The molecule has 1 N–H and O–H groups in total. The summed E-state index contributed by atoms with van der Waals surface area (Å²) < 4.78 is 1.68.